The van der Waals surface area contributed by atoms with E-state index in [0.29, 0.717) is 25.1 Å². The van der Waals surface area contributed by atoms with Crippen molar-refractivity contribution >= 4 is 49.4 Å². The standard InChI is InChI=1S/C12H25N3O2S2.ClH/c1-12(2,7-19)11(17)15-9(6-18)10(16)8(14)4-3-5-13;/h8-9,18-19H,3-7,13-14H2,1-2H3,(H,15,17);1H/t8?,9-;/m0./s1. The Balaban J connectivity index is 0. The molecule has 0 fully saturated rings. The predicted octanol–water partition coefficient (Wildman–Crippen LogP) is 0.414. The molecule has 1 amide bonds. The summed E-state index contributed by atoms with van der Waals surface area (Å²) in [5, 5.41) is 2.69. The fourth-order valence-corrected chi connectivity index (χ4v) is 1.79. The Kier molecular flexibility index (Phi) is 12.0. The van der Waals surface area contributed by atoms with Gasteiger partial charge in [0.25, 0.3) is 0 Å². The second kappa shape index (κ2) is 10.7. The summed E-state index contributed by atoms with van der Waals surface area (Å²) in [7, 11) is 0. The number of amides is 1. The lowest BCUT2D eigenvalue weighted by Gasteiger charge is -2.26. The Hall–Kier alpha value is 0.0500. The minimum atomic E-state index is -0.664. The van der Waals surface area contributed by atoms with Gasteiger partial charge in [-0.05, 0) is 19.4 Å². The van der Waals surface area contributed by atoms with E-state index in [4.69, 9.17) is 11.5 Å². The SMILES string of the molecule is CC(C)(CS)C(=O)N[C@@H](CS)C(=O)C(N)CCCN.Cl. The molecule has 0 radical (unpaired) electrons. The van der Waals surface area contributed by atoms with Crippen molar-refractivity contribution in [2.24, 2.45) is 16.9 Å². The van der Waals surface area contributed by atoms with Gasteiger partial charge in [-0.2, -0.15) is 25.3 Å². The van der Waals surface area contributed by atoms with E-state index in [0.717, 1.165) is 0 Å². The molecule has 20 heavy (non-hydrogen) atoms. The van der Waals surface area contributed by atoms with E-state index in [1.807, 2.05) is 0 Å². The number of hydrogen-bond donors (Lipinski definition) is 5. The molecule has 0 aliphatic carbocycles. The Morgan fingerprint density at radius 2 is 1.85 bits per heavy atom. The van der Waals surface area contributed by atoms with Gasteiger partial charge < -0.3 is 16.8 Å². The van der Waals surface area contributed by atoms with Gasteiger partial charge in [0.05, 0.1) is 17.5 Å². The van der Waals surface area contributed by atoms with Crippen molar-refractivity contribution in [1.29, 1.82) is 0 Å². The Morgan fingerprint density at radius 1 is 1.30 bits per heavy atom. The Bertz CT molecular complexity index is 317. The second-order valence-electron chi connectivity index (χ2n) is 5.19. The monoisotopic (exact) mass is 343 g/mol. The van der Waals surface area contributed by atoms with Crippen LogP contribution in [-0.4, -0.2) is 41.8 Å². The van der Waals surface area contributed by atoms with Crippen molar-refractivity contribution in [2.75, 3.05) is 18.1 Å². The van der Waals surface area contributed by atoms with Crippen LogP contribution in [0, 0.1) is 5.41 Å². The summed E-state index contributed by atoms with van der Waals surface area (Å²) >= 11 is 8.23. The zero-order valence-electron chi connectivity index (χ0n) is 12.0. The third-order valence-corrected chi connectivity index (χ3v) is 4.08. The van der Waals surface area contributed by atoms with Crippen LogP contribution in [0.2, 0.25) is 0 Å². The van der Waals surface area contributed by atoms with Crippen molar-refractivity contribution in [3.8, 4) is 0 Å². The van der Waals surface area contributed by atoms with E-state index in [1.54, 1.807) is 13.8 Å². The molecule has 120 valence electrons. The van der Waals surface area contributed by atoms with E-state index in [-0.39, 0.29) is 29.9 Å². The predicted molar refractivity (Wildman–Crippen MR) is 91.9 cm³/mol. The van der Waals surface area contributed by atoms with E-state index in [1.165, 1.54) is 0 Å². The van der Waals surface area contributed by atoms with Gasteiger partial charge in [0.1, 0.15) is 0 Å². The zero-order chi connectivity index (χ0) is 15.1. The molecule has 0 aliphatic rings. The number of nitrogens with one attached hydrogen (secondary N) is 1. The van der Waals surface area contributed by atoms with E-state index < -0.39 is 17.5 Å². The molecule has 0 aliphatic heterocycles. The summed E-state index contributed by atoms with van der Waals surface area (Å²) in [4.78, 5) is 24.1. The largest absolute Gasteiger partial charge is 0.345 e. The van der Waals surface area contributed by atoms with Crippen LogP contribution < -0.4 is 16.8 Å². The molecule has 8 heteroatoms. The molecule has 5 N–H and O–H groups in total. The first-order valence-corrected chi connectivity index (χ1v) is 7.58. The van der Waals surface area contributed by atoms with E-state index in [9.17, 15) is 9.59 Å². The smallest absolute Gasteiger partial charge is 0.227 e. The molecule has 5 nitrogen and oxygen atoms in total. The summed E-state index contributed by atoms with van der Waals surface area (Å²) in [6.45, 7) is 4.03. The number of nitrogens with two attached hydrogens (primary N) is 2. The van der Waals surface area contributed by atoms with Crippen LogP contribution in [0.25, 0.3) is 0 Å². The van der Waals surface area contributed by atoms with Gasteiger partial charge in [0.2, 0.25) is 5.91 Å². The van der Waals surface area contributed by atoms with Crippen LogP contribution >= 0.6 is 37.7 Å². The molecule has 0 aromatic carbocycles. The van der Waals surface area contributed by atoms with Crippen LogP contribution in [0.3, 0.4) is 0 Å². The molecule has 0 aromatic heterocycles. The topological polar surface area (TPSA) is 98.2 Å². The normalized spacial score (nSPS) is 14.1. The molecule has 1 unspecified atom stereocenters. The molecule has 0 spiro atoms. The maximum atomic E-state index is 12.1. The van der Waals surface area contributed by atoms with Gasteiger partial charge in [-0.3, -0.25) is 9.59 Å². The number of hydrogen-bond acceptors (Lipinski definition) is 6. The fraction of sp³-hybridized carbons (Fsp3) is 0.833. The van der Waals surface area contributed by atoms with Crippen molar-refractivity contribution in [2.45, 2.75) is 38.8 Å². The third kappa shape index (κ3) is 7.17. The highest BCUT2D eigenvalue weighted by Crippen LogP contribution is 2.17. The molecule has 0 heterocycles. The molecule has 2 atom stereocenters. The van der Waals surface area contributed by atoms with Gasteiger partial charge in [-0.15, -0.1) is 12.4 Å². The fourth-order valence-electron chi connectivity index (χ4n) is 1.37. The minimum absolute atomic E-state index is 0. The summed E-state index contributed by atoms with van der Waals surface area (Å²) in [6.07, 6.45) is 1.20. The number of thiol groups is 2. The van der Waals surface area contributed by atoms with Crippen LogP contribution in [0.15, 0.2) is 0 Å². The lowest BCUT2D eigenvalue weighted by Crippen LogP contribution is -2.52. The van der Waals surface area contributed by atoms with Crippen molar-refractivity contribution in [1.82, 2.24) is 5.32 Å². The number of ketones is 1. The number of halogens is 1. The van der Waals surface area contributed by atoms with Gasteiger partial charge in [-0.25, -0.2) is 0 Å². The van der Waals surface area contributed by atoms with Gasteiger partial charge >= 0.3 is 0 Å². The van der Waals surface area contributed by atoms with Crippen molar-refractivity contribution in [3.05, 3.63) is 0 Å². The summed E-state index contributed by atoms with van der Waals surface area (Å²) in [5.41, 5.74) is 10.5. The molecule has 0 saturated heterocycles. The first kappa shape index (κ1) is 22.3. The average Bonchev–Trinajstić information content (AvgIpc) is 2.40. The molecule has 0 rings (SSSR count). The number of rotatable bonds is 9. The van der Waals surface area contributed by atoms with Crippen LogP contribution in [0.4, 0.5) is 0 Å². The average molecular weight is 344 g/mol. The molecule has 0 bridgehead atoms. The Morgan fingerprint density at radius 3 is 2.25 bits per heavy atom. The third-order valence-electron chi connectivity index (χ3n) is 2.93. The summed E-state index contributed by atoms with van der Waals surface area (Å²) in [6, 6.07) is -1.28. The first-order chi connectivity index (χ1) is 8.80. The van der Waals surface area contributed by atoms with Crippen LogP contribution in [-0.2, 0) is 9.59 Å². The highest BCUT2D eigenvalue weighted by molar-refractivity contribution is 7.80. The summed E-state index contributed by atoms with van der Waals surface area (Å²) < 4.78 is 0. The molecular weight excluding hydrogens is 318 g/mol. The lowest BCUT2D eigenvalue weighted by molar-refractivity contribution is -0.132. The van der Waals surface area contributed by atoms with Gasteiger partial charge in [0.15, 0.2) is 5.78 Å². The second-order valence-corrected chi connectivity index (χ2v) is 5.87. The lowest BCUT2D eigenvalue weighted by atomic mass is 9.94. The Labute approximate surface area is 138 Å². The maximum absolute atomic E-state index is 12.1. The maximum Gasteiger partial charge on any atom is 0.227 e. The minimum Gasteiger partial charge on any atom is -0.345 e. The molecule has 0 saturated carbocycles. The summed E-state index contributed by atoms with van der Waals surface area (Å²) in [5.74, 6) is 0.197. The first-order valence-electron chi connectivity index (χ1n) is 6.32. The van der Waals surface area contributed by atoms with Crippen molar-refractivity contribution < 1.29 is 9.59 Å². The van der Waals surface area contributed by atoms with E-state index >= 15 is 0 Å². The quantitative estimate of drug-likeness (QED) is 0.392. The number of carbonyl (C=O) groups is 2. The van der Waals surface area contributed by atoms with Crippen LogP contribution in [0.5, 0.6) is 0 Å². The molecular formula is C12H26ClN3O2S2. The zero-order valence-corrected chi connectivity index (χ0v) is 14.6. The van der Waals surface area contributed by atoms with Gasteiger partial charge in [-0.1, -0.05) is 13.8 Å². The highest BCUT2D eigenvalue weighted by atomic mass is 35.5. The molecule has 0 aromatic rings. The number of Topliss-reactive ketones (excluding diaryl/α,β-unsaturated/α-hetero) is 1. The van der Waals surface area contributed by atoms with Gasteiger partial charge in [0, 0.05) is 11.5 Å². The van der Waals surface area contributed by atoms with Crippen molar-refractivity contribution in [3.63, 3.8) is 0 Å². The van der Waals surface area contributed by atoms with E-state index in [2.05, 4.69) is 30.6 Å². The highest BCUT2D eigenvalue weighted by Gasteiger charge is 2.31. The van der Waals surface area contributed by atoms with Crippen LogP contribution in [0.1, 0.15) is 26.7 Å². The number of carbonyl (C=O) groups excluding carboxylic acids is 2.